The van der Waals surface area contributed by atoms with Crippen LogP contribution in [0.4, 0.5) is 8.78 Å². The minimum Gasteiger partial charge on any atom is -0.435 e. The van der Waals surface area contributed by atoms with Crippen LogP contribution in [0.5, 0.6) is 5.75 Å². The fraction of sp³-hybridized carbons (Fsp3) is 0.600. The number of piperidine rings is 1. The van der Waals surface area contributed by atoms with E-state index in [-0.39, 0.29) is 5.75 Å². The lowest BCUT2D eigenvalue weighted by Crippen LogP contribution is -2.41. The smallest absolute Gasteiger partial charge is 0.387 e. The Kier molecular flexibility index (Phi) is 5.73. The van der Waals surface area contributed by atoms with Gasteiger partial charge in [-0.2, -0.15) is 8.78 Å². The third-order valence-electron chi connectivity index (χ3n) is 3.64. The second kappa shape index (κ2) is 7.55. The molecular formula is C15H21F2NO2. The number of benzene rings is 1. The molecule has 5 heteroatoms. The fourth-order valence-electron chi connectivity index (χ4n) is 2.66. The molecule has 0 spiro atoms. The number of halogens is 2. The van der Waals surface area contributed by atoms with Gasteiger partial charge < -0.3 is 9.47 Å². The van der Waals surface area contributed by atoms with Gasteiger partial charge in [0.2, 0.25) is 0 Å². The Morgan fingerprint density at radius 2 is 2.00 bits per heavy atom. The summed E-state index contributed by atoms with van der Waals surface area (Å²) in [4.78, 5) is 2.40. The van der Waals surface area contributed by atoms with Crippen LogP contribution in [0.2, 0.25) is 0 Å². The monoisotopic (exact) mass is 285 g/mol. The van der Waals surface area contributed by atoms with E-state index >= 15 is 0 Å². The molecule has 0 saturated carbocycles. The number of nitrogens with zero attached hydrogens (tertiary/aromatic N) is 1. The molecule has 112 valence electrons. The normalized spacial score (nSPS) is 20.3. The minimum atomic E-state index is -2.77. The maximum absolute atomic E-state index is 12.1. The van der Waals surface area contributed by atoms with Gasteiger partial charge in [0, 0.05) is 19.7 Å². The number of alkyl halides is 2. The van der Waals surface area contributed by atoms with E-state index in [4.69, 9.17) is 4.74 Å². The third-order valence-corrected chi connectivity index (χ3v) is 3.64. The van der Waals surface area contributed by atoms with E-state index in [1.165, 1.54) is 12.8 Å². The summed E-state index contributed by atoms with van der Waals surface area (Å²) in [7, 11) is 1.73. The topological polar surface area (TPSA) is 21.7 Å². The first-order valence-electron chi connectivity index (χ1n) is 6.96. The van der Waals surface area contributed by atoms with Crippen LogP contribution in [-0.2, 0) is 11.3 Å². The van der Waals surface area contributed by atoms with Gasteiger partial charge in [0.1, 0.15) is 5.75 Å². The van der Waals surface area contributed by atoms with Crippen molar-refractivity contribution in [3.63, 3.8) is 0 Å². The number of likely N-dealkylation sites (tertiary alicyclic amines) is 1. The van der Waals surface area contributed by atoms with E-state index in [2.05, 4.69) is 9.64 Å². The molecule has 0 N–H and O–H groups in total. The molecule has 1 heterocycles. The molecule has 1 aromatic rings. The first-order valence-corrected chi connectivity index (χ1v) is 6.96. The molecule has 20 heavy (non-hydrogen) atoms. The van der Waals surface area contributed by atoms with Crippen LogP contribution in [0.3, 0.4) is 0 Å². The Morgan fingerprint density at radius 3 is 2.65 bits per heavy atom. The molecule has 0 radical (unpaired) electrons. The lowest BCUT2D eigenvalue weighted by atomic mass is 10.0. The van der Waals surface area contributed by atoms with Crippen LogP contribution in [0.25, 0.3) is 0 Å². The van der Waals surface area contributed by atoms with Gasteiger partial charge in [0.15, 0.2) is 0 Å². The van der Waals surface area contributed by atoms with Crippen molar-refractivity contribution in [1.29, 1.82) is 0 Å². The molecule has 0 bridgehead atoms. The van der Waals surface area contributed by atoms with Crippen LogP contribution in [-0.4, -0.2) is 37.8 Å². The maximum Gasteiger partial charge on any atom is 0.387 e. The summed E-state index contributed by atoms with van der Waals surface area (Å²) < 4.78 is 33.8. The molecule has 1 fully saturated rings. The van der Waals surface area contributed by atoms with Crippen LogP contribution in [0, 0.1) is 0 Å². The Labute approximate surface area is 118 Å². The van der Waals surface area contributed by atoms with Crippen molar-refractivity contribution < 1.29 is 18.3 Å². The molecule has 1 aliphatic rings. The van der Waals surface area contributed by atoms with Crippen LogP contribution < -0.4 is 4.74 Å². The van der Waals surface area contributed by atoms with Crippen molar-refractivity contribution in [2.75, 3.05) is 20.3 Å². The van der Waals surface area contributed by atoms with Crippen LogP contribution >= 0.6 is 0 Å². The van der Waals surface area contributed by atoms with E-state index < -0.39 is 6.61 Å². The number of rotatable bonds is 6. The SMILES string of the molecule is COC[C@H]1CCCCN1Cc1ccc(OC(F)F)cc1. The molecule has 2 rings (SSSR count). The highest BCUT2D eigenvalue weighted by Crippen LogP contribution is 2.21. The number of methoxy groups -OCH3 is 1. The summed E-state index contributed by atoms with van der Waals surface area (Å²) in [5, 5.41) is 0. The molecule has 0 amide bonds. The fourth-order valence-corrected chi connectivity index (χ4v) is 2.66. The lowest BCUT2D eigenvalue weighted by Gasteiger charge is -2.35. The van der Waals surface area contributed by atoms with Gasteiger partial charge in [-0.1, -0.05) is 18.6 Å². The van der Waals surface area contributed by atoms with E-state index in [9.17, 15) is 8.78 Å². The Balaban J connectivity index is 1.94. The zero-order valence-electron chi connectivity index (χ0n) is 11.7. The molecule has 1 saturated heterocycles. The Bertz CT molecular complexity index is 395. The van der Waals surface area contributed by atoms with Gasteiger partial charge in [0.05, 0.1) is 6.61 Å². The number of hydrogen-bond donors (Lipinski definition) is 0. The molecule has 0 unspecified atom stereocenters. The van der Waals surface area contributed by atoms with Gasteiger partial charge in [0.25, 0.3) is 0 Å². The second-order valence-corrected chi connectivity index (χ2v) is 5.10. The standard InChI is InChI=1S/C15H21F2NO2/c1-19-11-13-4-2-3-9-18(13)10-12-5-7-14(8-6-12)20-15(16)17/h5-8,13,15H,2-4,9-11H2,1H3/t13-/m1/s1. The summed E-state index contributed by atoms with van der Waals surface area (Å²) in [5.41, 5.74) is 1.11. The molecule has 1 atom stereocenters. The van der Waals surface area contributed by atoms with E-state index in [0.717, 1.165) is 31.7 Å². The first-order chi connectivity index (χ1) is 9.69. The van der Waals surface area contributed by atoms with E-state index in [1.807, 2.05) is 12.1 Å². The van der Waals surface area contributed by atoms with Gasteiger partial charge >= 0.3 is 6.61 Å². The van der Waals surface area contributed by atoms with Crippen molar-refractivity contribution >= 4 is 0 Å². The predicted molar refractivity (Wildman–Crippen MR) is 73.0 cm³/mol. The molecular weight excluding hydrogens is 264 g/mol. The highest BCUT2D eigenvalue weighted by atomic mass is 19.3. The van der Waals surface area contributed by atoms with Crippen molar-refractivity contribution in [2.24, 2.45) is 0 Å². The van der Waals surface area contributed by atoms with Crippen molar-refractivity contribution in [2.45, 2.75) is 38.5 Å². The van der Waals surface area contributed by atoms with Crippen LogP contribution in [0.1, 0.15) is 24.8 Å². The zero-order valence-corrected chi connectivity index (χ0v) is 11.7. The molecule has 1 aliphatic heterocycles. The molecule has 1 aromatic carbocycles. The lowest BCUT2D eigenvalue weighted by molar-refractivity contribution is -0.0498. The first kappa shape index (κ1) is 15.2. The van der Waals surface area contributed by atoms with Gasteiger partial charge in [-0.15, -0.1) is 0 Å². The largest absolute Gasteiger partial charge is 0.435 e. The van der Waals surface area contributed by atoms with E-state index in [0.29, 0.717) is 6.04 Å². The van der Waals surface area contributed by atoms with E-state index in [1.54, 1.807) is 19.2 Å². The molecule has 0 aliphatic carbocycles. The molecule has 3 nitrogen and oxygen atoms in total. The summed E-state index contributed by atoms with van der Waals surface area (Å²) in [6.45, 7) is -0.146. The summed E-state index contributed by atoms with van der Waals surface area (Å²) >= 11 is 0. The number of hydrogen-bond acceptors (Lipinski definition) is 3. The van der Waals surface area contributed by atoms with Crippen molar-refractivity contribution in [3.8, 4) is 5.75 Å². The average Bonchev–Trinajstić information content (AvgIpc) is 2.43. The Morgan fingerprint density at radius 1 is 1.25 bits per heavy atom. The highest BCUT2D eigenvalue weighted by molar-refractivity contribution is 5.27. The average molecular weight is 285 g/mol. The minimum absolute atomic E-state index is 0.204. The third kappa shape index (κ3) is 4.42. The van der Waals surface area contributed by atoms with Gasteiger partial charge in [-0.3, -0.25) is 4.90 Å². The number of ether oxygens (including phenoxy) is 2. The summed E-state index contributed by atoms with van der Waals surface area (Å²) in [6.07, 6.45) is 3.60. The highest BCUT2D eigenvalue weighted by Gasteiger charge is 2.22. The second-order valence-electron chi connectivity index (χ2n) is 5.10. The maximum atomic E-state index is 12.1. The van der Waals surface area contributed by atoms with Crippen molar-refractivity contribution in [3.05, 3.63) is 29.8 Å². The quantitative estimate of drug-likeness (QED) is 0.800. The van der Waals surface area contributed by atoms with Crippen molar-refractivity contribution in [1.82, 2.24) is 4.90 Å². The van der Waals surface area contributed by atoms with Gasteiger partial charge in [-0.05, 0) is 37.1 Å². The Hall–Kier alpha value is -1.20. The molecule has 0 aromatic heterocycles. The van der Waals surface area contributed by atoms with Gasteiger partial charge in [-0.25, -0.2) is 0 Å². The van der Waals surface area contributed by atoms with Crippen LogP contribution in [0.15, 0.2) is 24.3 Å². The summed E-state index contributed by atoms with van der Waals surface area (Å²) in [6, 6.07) is 7.32. The predicted octanol–water partition coefficient (Wildman–Crippen LogP) is 3.29. The summed E-state index contributed by atoms with van der Waals surface area (Å²) in [5.74, 6) is 0.204. The zero-order chi connectivity index (χ0) is 14.4.